The highest BCUT2D eigenvalue weighted by Crippen LogP contribution is 2.24. The molecule has 1 aromatic carbocycles. The van der Waals surface area contributed by atoms with Crippen LogP contribution in [-0.2, 0) is 11.3 Å². The smallest absolute Gasteiger partial charge is 0.146 e. The molecule has 3 heterocycles. The molecule has 0 aliphatic carbocycles. The Bertz CT molecular complexity index is 661. The molecule has 3 aliphatic heterocycles. The van der Waals surface area contributed by atoms with Gasteiger partial charge in [-0.3, -0.25) is 19.5 Å². The number of carbonyl (C=O) groups is 1. The van der Waals surface area contributed by atoms with E-state index in [0.717, 1.165) is 44.1 Å². The van der Waals surface area contributed by atoms with Crippen LogP contribution in [0.3, 0.4) is 0 Å². The van der Waals surface area contributed by atoms with Crippen LogP contribution in [0.15, 0.2) is 30.3 Å². The molecule has 3 fully saturated rings. The first-order chi connectivity index (χ1) is 15.2. The van der Waals surface area contributed by atoms with Crippen molar-refractivity contribution in [2.45, 2.75) is 97.6 Å². The van der Waals surface area contributed by atoms with Crippen molar-refractivity contribution in [3.8, 4) is 0 Å². The first kappa shape index (κ1) is 27.0. The molecule has 2 bridgehead atoms. The second-order valence-electron chi connectivity index (χ2n) is 10.5. The minimum Gasteiger partial charge on any atom is -0.311 e. The third-order valence-electron chi connectivity index (χ3n) is 6.93. The number of ketones is 1. The quantitative estimate of drug-likeness (QED) is 0.742. The highest BCUT2D eigenvalue weighted by Gasteiger charge is 2.38. The van der Waals surface area contributed by atoms with Gasteiger partial charge >= 0.3 is 0 Å². The van der Waals surface area contributed by atoms with Gasteiger partial charge in [0.1, 0.15) is 5.78 Å². The molecule has 2 unspecified atom stereocenters. The van der Waals surface area contributed by atoms with E-state index in [1.54, 1.807) is 0 Å². The lowest BCUT2D eigenvalue weighted by Gasteiger charge is -2.30. The zero-order valence-electron chi connectivity index (χ0n) is 21.7. The molecule has 0 radical (unpaired) electrons. The van der Waals surface area contributed by atoms with Crippen molar-refractivity contribution in [3.05, 3.63) is 35.9 Å². The molecule has 3 aliphatic rings. The van der Waals surface area contributed by atoms with Crippen molar-refractivity contribution in [1.29, 1.82) is 0 Å². The predicted octanol–water partition coefficient (Wildman–Crippen LogP) is 4.03. The maximum Gasteiger partial charge on any atom is 0.146 e. The van der Waals surface area contributed by atoms with Crippen LogP contribution in [0.25, 0.3) is 0 Å². The Morgan fingerprint density at radius 2 is 1.75 bits per heavy atom. The van der Waals surface area contributed by atoms with Crippen molar-refractivity contribution in [2.24, 2.45) is 0 Å². The Kier molecular flexibility index (Phi) is 11.3. The average Bonchev–Trinajstić information content (AvgIpc) is 3.39. The first-order valence-corrected chi connectivity index (χ1v) is 12.7. The molecule has 32 heavy (non-hydrogen) atoms. The first-order valence-electron chi connectivity index (χ1n) is 12.7. The van der Waals surface area contributed by atoms with Crippen molar-refractivity contribution in [2.75, 3.05) is 33.2 Å². The zero-order chi connectivity index (χ0) is 23.7. The molecule has 0 aromatic heterocycles. The molecule has 2 atom stereocenters. The standard InChI is InChI=1S/C11H17N.C8H16N2.C8H15NO/c1-10(2)12(3)9-11-7-5-4-6-8-11;1-6(2)10-5-7-3-8(10)4-9-7;1-7(2)9-5-3-4-8(10)6-9/h4-8,10H,9H2,1-3H3;6-9H,3-5H2,1-2H3;7H,3-6H2,1-2H3. The number of nitrogens with one attached hydrogen (secondary N) is 1. The summed E-state index contributed by atoms with van der Waals surface area (Å²) in [5, 5.41) is 3.50. The molecule has 1 N–H and O–H groups in total. The van der Waals surface area contributed by atoms with Gasteiger partial charge in [-0.1, -0.05) is 30.3 Å². The van der Waals surface area contributed by atoms with Crippen molar-refractivity contribution in [1.82, 2.24) is 20.0 Å². The van der Waals surface area contributed by atoms with Gasteiger partial charge in [-0.05, 0) is 73.5 Å². The molecule has 5 nitrogen and oxygen atoms in total. The van der Waals surface area contributed by atoms with Crippen LogP contribution < -0.4 is 5.32 Å². The van der Waals surface area contributed by atoms with Gasteiger partial charge < -0.3 is 5.32 Å². The highest BCUT2D eigenvalue weighted by atomic mass is 16.1. The Morgan fingerprint density at radius 3 is 2.16 bits per heavy atom. The Morgan fingerprint density at radius 1 is 1.06 bits per heavy atom. The van der Waals surface area contributed by atoms with Crippen molar-refractivity contribution in [3.63, 3.8) is 0 Å². The number of nitrogens with zero attached hydrogens (tertiary/aromatic N) is 3. The number of Topliss-reactive ketones (excluding diaryl/α,β-unsaturated/α-hetero) is 1. The predicted molar refractivity (Wildman–Crippen MR) is 136 cm³/mol. The molecular formula is C27H48N4O. The van der Waals surface area contributed by atoms with Gasteiger partial charge in [-0.25, -0.2) is 0 Å². The molecule has 0 spiro atoms. The molecule has 182 valence electrons. The minimum absolute atomic E-state index is 0.403. The fraction of sp³-hybridized carbons (Fsp3) is 0.741. The van der Waals surface area contributed by atoms with Gasteiger partial charge in [0.15, 0.2) is 0 Å². The Labute approximate surface area is 197 Å². The van der Waals surface area contributed by atoms with Crippen molar-refractivity contribution >= 4 is 5.78 Å². The summed E-state index contributed by atoms with van der Waals surface area (Å²) < 4.78 is 0. The van der Waals surface area contributed by atoms with E-state index >= 15 is 0 Å². The fourth-order valence-electron chi connectivity index (χ4n) is 4.58. The number of piperazine rings is 1. The summed E-state index contributed by atoms with van der Waals surface area (Å²) in [5.41, 5.74) is 1.38. The molecular weight excluding hydrogens is 396 g/mol. The third kappa shape index (κ3) is 8.93. The van der Waals surface area contributed by atoms with E-state index in [-0.39, 0.29) is 0 Å². The zero-order valence-corrected chi connectivity index (χ0v) is 21.7. The fourth-order valence-corrected chi connectivity index (χ4v) is 4.58. The lowest BCUT2D eigenvalue weighted by atomic mass is 10.1. The molecule has 1 aromatic rings. The van der Waals surface area contributed by atoms with E-state index in [0.29, 0.717) is 24.4 Å². The summed E-state index contributed by atoms with van der Waals surface area (Å²) in [7, 11) is 2.15. The lowest BCUT2D eigenvalue weighted by Crippen LogP contribution is -2.46. The lowest BCUT2D eigenvalue weighted by molar-refractivity contribution is -0.122. The van der Waals surface area contributed by atoms with E-state index < -0.39 is 0 Å². The van der Waals surface area contributed by atoms with Gasteiger partial charge in [0.25, 0.3) is 0 Å². The molecule has 5 heteroatoms. The maximum atomic E-state index is 10.9. The summed E-state index contributed by atoms with van der Waals surface area (Å²) in [4.78, 5) is 18.1. The second-order valence-corrected chi connectivity index (χ2v) is 10.5. The van der Waals surface area contributed by atoms with E-state index in [2.05, 4.69) is 98.9 Å². The van der Waals surface area contributed by atoms with E-state index in [1.807, 2.05) is 0 Å². The SMILES string of the molecule is CC(C)N(C)Cc1ccccc1.CC(C)N1CC2CC1CN2.CC(C)N1CCCC(=O)C1. The summed E-state index contributed by atoms with van der Waals surface area (Å²) in [6.45, 7) is 18.6. The maximum absolute atomic E-state index is 10.9. The van der Waals surface area contributed by atoms with Gasteiger partial charge in [-0.2, -0.15) is 0 Å². The van der Waals surface area contributed by atoms with Gasteiger partial charge in [0, 0.05) is 56.3 Å². The summed E-state index contributed by atoms with van der Waals surface area (Å²) in [6, 6.07) is 14.1. The van der Waals surface area contributed by atoms with Crippen LogP contribution in [0, 0.1) is 0 Å². The Hall–Kier alpha value is -1.27. The van der Waals surface area contributed by atoms with E-state index in [9.17, 15) is 4.79 Å². The summed E-state index contributed by atoms with van der Waals surface area (Å²) >= 11 is 0. The number of rotatable bonds is 5. The monoisotopic (exact) mass is 444 g/mol. The van der Waals surface area contributed by atoms with Crippen LogP contribution >= 0.6 is 0 Å². The number of likely N-dealkylation sites (tertiary alicyclic amines) is 2. The third-order valence-corrected chi connectivity index (χ3v) is 6.93. The van der Waals surface area contributed by atoms with Crippen LogP contribution in [0.4, 0.5) is 0 Å². The Balaban J connectivity index is 0.000000171. The summed E-state index contributed by atoms with van der Waals surface area (Å²) in [6.07, 6.45) is 3.23. The normalized spacial score (nSPS) is 23.5. The molecule has 0 saturated carbocycles. The highest BCUT2D eigenvalue weighted by molar-refractivity contribution is 5.81. The van der Waals surface area contributed by atoms with Gasteiger partial charge in [0.05, 0.1) is 6.54 Å². The van der Waals surface area contributed by atoms with Gasteiger partial charge in [0.2, 0.25) is 0 Å². The largest absolute Gasteiger partial charge is 0.311 e. The molecule has 3 saturated heterocycles. The summed E-state index contributed by atoms with van der Waals surface area (Å²) in [5.74, 6) is 0.403. The number of piperidine rings is 1. The van der Waals surface area contributed by atoms with E-state index in [4.69, 9.17) is 0 Å². The number of carbonyl (C=O) groups excluding carboxylic acids is 1. The van der Waals surface area contributed by atoms with Crippen molar-refractivity contribution < 1.29 is 4.79 Å². The van der Waals surface area contributed by atoms with Crippen LogP contribution in [0.1, 0.15) is 66.4 Å². The average molecular weight is 445 g/mol. The number of hydrogen-bond acceptors (Lipinski definition) is 5. The van der Waals surface area contributed by atoms with Crippen LogP contribution in [0.2, 0.25) is 0 Å². The second kappa shape index (κ2) is 13.4. The number of hydrogen-bond donors (Lipinski definition) is 1. The van der Waals surface area contributed by atoms with Crippen LogP contribution in [-0.4, -0.2) is 83.9 Å². The minimum atomic E-state index is 0.403. The topological polar surface area (TPSA) is 38.8 Å². The molecule has 4 rings (SSSR count). The van der Waals surface area contributed by atoms with Crippen LogP contribution in [0.5, 0.6) is 0 Å². The number of benzene rings is 1. The molecule has 0 amide bonds. The number of fused-ring (bicyclic) bond motifs is 2. The van der Waals surface area contributed by atoms with E-state index in [1.165, 1.54) is 25.1 Å². The van der Waals surface area contributed by atoms with Gasteiger partial charge in [-0.15, -0.1) is 0 Å².